The minimum absolute atomic E-state index is 0.187. The highest BCUT2D eigenvalue weighted by Gasteiger charge is 2.35. The number of ether oxygens (including phenoxy) is 2. The van der Waals surface area contributed by atoms with Crippen molar-refractivity contribution in [3.63, 3.8) is 0 Å². The second kappa shape index (κ2) is 8.93. The molecule has 1 N–H and O–H groups in total. The van der Waals surface area contributed by atoms with Gasteiger partial charge in [-0.25, -0.2) is 0 Å². The Hall–Kier alpha value is -0.120. The van der Waals surface area contributed by atoms with E-state index in [1.807, 2.05) is 6.92 Å². The standard InChI is InChI=1S/C16H33NO2/c1-6-8-17-15-10-12(3)9-13(4)16(15)19-14(5)11-18-7-2/h12-17H,6-11H2,1-5H3. The van der Waals surface area contributed by atoms with E-state index in [1.165, 1.54) is 19.3 Å². The van der Waals surface area contributed by atoms with E-state index in [4.69, 9.17) is 9.47 Å². The molecule has 0 aromatic heterocycles. The molecule has 3 heteroatoms. The third-order valence-electron chi connectivity index (χ3n) is 3.99. The van der Waals surface area contributed by atoms with Crippen LogP contribution in [0.2, 0.25) is 0 Å². The van der Waals surface area contributed by atoms with E-state index in [9.17, 15) is 0 Å². The summed E-state index contributed by atoms with van der Waals surface area (Å²) in [7, 11) is 0. The van der Waals surface area contributed by atoms with Crippen LogP contribution in [-0.2, 0) is 9.47 Å². The zero-order valence-corrected chi connectivity index (χ0v) is 13.4. The smallest absolute Gasteiger partial charge is 0.0785 e. The molecule has 1 aliphatic rings. The molecule has 0 aromatic rings. The molecule has 1 aliphatic carbocycles. The minimum Gasteiger partial charge on any atom is -0.379 e. The van der Waals surface area contributed by atoms with Crippen molar-refractivity contribution in [2.45, 2.75) is 72.1 Å². The second-order valence-electron chi connectivity index (χ2n) is 6.19. The van der Waals surface area contributed by atoms with E-state index in [0.29, 0.717) is 24.7 Å². The molecule has 3 nitrogen and oxygen atoms in total. The van der Waals surface area contributed by atoms with Crippen molar-refractivity contribution in [3.8, 4) is 0 Å². The zero-order chi connectivity index (χ0) is 14.3. The lowest BCUT2D eigenvalue weighted by atomic mass is 9.78. The van der Waals surface area contributed by atoms with Crippen LogP contribution in [-0.4, -0.2) is 38.0 Å². The van der Waals surface area contributed by atoms with Crippen LogP contribution < -0.4 is 5.32 Å². The van der Waals surface area contributed by atoms with Gasteiger partial charge in [-0.1, -0.05) is 20.8 Å². The monoisotopic (exact) mass is 271 g/mol. The third kappa shape index (κ3) is 5.80. The normalized spacial score (nSPS) is 33.3. The summed E-state index contributed by atoms with van der Waals surface area (Å²) >= 11 is 0. The van der Waals surface area contributed by atoms with E-state index in [2.05, 4.69) is 33.0 Å². The molecule has 0 radical (unpaired) electrons. The Morgan fingerprint density at radius 3 is 2.58 bits per heavy atom. The van der Waals surface area contributed by atoms with Crippen LogP contribution in [0.15, 0.2) is 0 Å². The highest BCUT2D eigenvalue weighted by Crippen LogP contribution is 2.31. The van der Waals surface area contributed by atoms with E-state index in [-0.39, 0.29) is 6.10 Å². The van der Waals surface area contributed by atoms with Gasteiger partial charge in [-0.3, -0.25) is 0 Å². The van der Waals surface area contributed by atoms with Crippen LogP contribution in [0.1, 0.15) is 53.9 Å². The van der Waals surface area contributed by atoms with Crippen molar-refractivity contribution in [2.24, 2.45) is 11.8 Å². The van der Waals surface area contributed by atoms with Crippen molar-refractivity contribution < 1.29 is 9.47 Å². The summed E-state index contributed by atoms with van der Waals surface area (Å²) in [4.78, 5) is 0. The molecule has 1 saturated carbocycles. The molecular weight excluding hydrogens is 238 g/mol. The molecule has 1 rings (SSSR count). The SMILES string of the molecule is CCCNC1CC(C)CC(C)C1OC(C)COCC. The van der Waals surface area contributed by atoms with E-state index < -0.39 is 0 Å². The Balaban J connectivity index is 2.52. The van der Waals surface area contributed by atoms with E-state index in [0.717, 1.165) is 19.1 Å². The average molecular weight is 271 g/mol. The Kier molecular flexibility index (Phi) is 7.96. The first-order chi connectivity index (χ1) is 9.08. The quantitative estimate of drug-likeness (QED) is 0.735. The molecule has 0 heterocycles. The maximum Gasteiger partial charge on any atom is 0.0785 e. The lowest BCUT2D eigenvalue weighted by molar-refractivity contribution is -0.0966. The molecule has 5 unspecified atom stereocenters. The first-order valence-electron chi connectivity index (χ1n) is 8.05. The molecule has 19 heavy (non-hydrogen) atoms. The fraction of sp³-hybridized carbons (Fsp3) is 1.00. The first-order valence-corrected chi connectivity index (χ1v) is 8.05. The Bertz CT molecular complexity index is 235. The van der Waals surface area contributed by atoms with Crippen molar-refractivity contribution in [3.05, 3.63) is 0 Å². The summed E-state index contributed by atoms with van der Waals surface area (Å²) in [5.41, 5.74) is 0. The van der Waals surface area contributed by atoms with Gasteiger partial charge in [0.15, 0.2) is 0 Å². The van der Waals surface area contributed by atoms with Gasteiger partial charge in [0.2, 0.25) is 0 Å². The van der Waals surface area contributed by atoms with Gasteiger partial charge in [0.1, 0.15) is 0 Å². The number of hydrogen-bond acceptors (Lipinski definition) is 3. The summed E-state index contributed by atoms with van der Waals surface area (Å²) in [6.07, 6.45) is 4.21. The maximum absolute atomic E-state index is 6.28. The van der Waals surface area contributed by atoms with Gasteiger partial charge in [-0.2, -0.15) is 0 Å². The highest BCUT2D eigenvalue weighted by molar-refractivity contribution is 4.89. The molecule has 5 atom stereocenters. The predicted octanol–water partition coefficient (Wildman–Crippen LogP) is 3.23. The van der Waals surface area contributed by atoms with Crippen molar-refractivity contribution in [1.29, 1.82) is 0 Å². The van der Waals surface area contributed by atoms with Crippen LogP contribution >= 0.6 is 0 Å². The van der Waals surface area contributed by atoms with Gasteiger partial charge < -0.3 is 14.8 Å². The van der Waals surface area contributed by atoms with Gasteiger partial charge in [0.25, 0.3) is 0 Å². The van der Waals surface area contributed by atoms with Crippen molar-refractivity contribution in [2.75, 3.05) is 19.8 Å². The third-order valence-corrected chi connectivity index (χ3v) is 3.99. The van der Waals surface area contributed by atoms with Gasteiger partial charge in [0.05, 0.1) is 18.8 Å². The maximum atomic E-state index is 6.28. The number of rotatable bonds is 8. The molecule has 114 valence electrons. The highest BCUT2D eigenvalue weighted by atomic mass is 16.5. The summed E-state index contributed by atoms with van der Waals surface area (Å²) in [6.45, 7) is 13.6. The molecule has 0 spiro atoms. The van der Waals surface area contributed by atoms with Crippen LogP contribution in [0.4, 0.5) is 0 Å². The molecule has 0 bridgehead atoms. The van der Waals surface area contributed by atoms with Crippen LogP contribution in [0, 0.1) is 11.8 Å². The molecule has 0 aliphatic heterocycles. The largest absolute Gasteiger partial charge is 0.379 e. The molecule has 1 fully saturated rings. The van der Waals surface area contributed by atoms with Crippen molar-refractivity contribution >= 4 is 0 Å². The van der Waals surface area contributed by atoms with Gasteiger partial charge in [0, 0.05) is 12.6 Å². The summed E-state index contributed by atoms with van der Waals surface area (Å²) in [6, 6.07) is 0.503. The minimum atomic E-state index is 0.187. The Morgan fingerprint density at radius 1 is 1.21 bits per heavy atom. The van der Waals surface area contributed by atoms with Crippen LogP contribution in [0.3, 0.4) is 0 Å². The Morgan fingerprint density at radius 2 is 1.95 bits per heavy atom. The van der Waals surface area contributed by atoms with Crippen LogP contribution in [0.5, 0.6) is 0 Å². The zero-order valence-electron chi connectivity index (χ0n) is 13.4. The molecule has 0 saturated heterocycles. The molecular formula is C16H33NO2. The first kappa shape index (κ1) is 16.9. The summed E-state index contributed by atoms with van der Waals surface area (Å²) < 4.78 is 11.7. The predicted molar refractivity (Wildman–Crippen MR) is 80.5 cm³/mol. The van der Waals surface area contributed by atoms with Gasteiger partial charge >= 0.3 is 0 Å². The summed E-state index contributed by atoms with van der Waals surface area (Å²) in [5.74, 6) is 1.42. The fourth-order valence-corrected chi connectivity index (χ4v) is 3.18. The second-order valence-corrected chi connectivity index (χ2v) is 6.19. The van der Waals surface area contributed by atoms with Gasteiger partial charge in [-0.05, 0) is 51.5 Å². The summed E-state index contributed by atoms with van der Waals surface area (Å²) in [5, 5.41) is 3.68. The van der Waals surface area contributed by atoms with Gasteiger partial charge in [-0.15, -0.1) is 0 Å². The lowest BCUT2D eigenvalue weighted by Crippen LogP contribution is -2.50. The van der Waals surface area contributed by atoms with Crippen molar-refractivity contribution in [1.82, 2.24) is 5.32 Å². The molecule has 0 aromatic carbocycles. The Labute approximate surface area is 119 Å². The average Bonchev–Trinajstić information content (AvgIpc) is 2.37. The lowest BCUT2D eigenvalue weighted by Gasteiger charge is -2.41. The topological polar surface area (TPSA) is 30.5 Å². The van der Waals surface area contributed by atoms with E-state index in [1.54, 1.807) is 0 Å². The van der Waals surface area contributed by atoms with E-state index >= 15 is 0 Å². The molecule has 0 amide bonds. The number of nitrogens with one attached hydrogen (secondary N) is 1. The van der Waals surface area contributed by atoms with Crippen LogP contribution in [0.25, 0.3) is 0 Å². The fourth-order valence-electron chi connectivity index (χ4n) is 3.18. The number of hydrogen-bond donors (Lipinski definition) is 1.